The first-order valence-corrected chi connectivity index (χ1v) is 3.71. The lowest BCUT2D eigenvalue weighted by Gasteiger charge is -2.24. The summed E-state index contributed by atoms with van der Waals surface area (Å²) in [5.41, 5.74) is 0. The van der Waals surface area contributed by atoms with Crippen molar-refractivity contribution in [3.63, 3.8) is 0 Å². The van der Waals surface area contributed by atoms with Gasteiger partial charge in [-0.15, -0.1) is 0 Å². The van der Waals surface area contributed by atoms with Gasteiger partial charge in [0.1, 0.15) is 0 Å². The van der Waals surface area contributed by atoms with Crippen molar-refractivity contribution >= 4 is 12.6 Å². The highest BCUT2D eigenvalue weighted by molar-refractivity contribution is 7.81. The third kappa shape index (κ3) is 1.39. The quantitative estimate of drug-likeness (QED) is 0.466. The van der Waals surface area contributed by atoms with Gasteiger partial charge >= 0.3 is 0 Å². The number of hydrogen-bond donors (Lipinski definition) is 2. The van der Waals surface area contributed by atoms with Gasteiger partial charge in [-0.1, -0.05) is 6.92 Å². The molecular formula is C6H13NS. The predicted molar refractivity (Wildman–Crippen MR) is 39.4 cm³/mol. The van der Waals surface area contributed by atoms with E-state index in [-0.39, 0.29) is 0 Å². The molecule has 1 fully saturated rings. The summed E-state index contributed by atoms with van der Waals surface area (Å²) in [6, 6.07) is 0. The van der Waals surface area contributed by atoms with Crippen molar-refractivity contribution in [2.45, 2.75) is 18.6 Å². The molecule has 1 aliphatic rings. The van der Waals surface area contributed by atoms with E-state index < -0.39 is 0 Å². The molecule has 0 bridgehead atoms. The van der Waals surface area contributed by atoms with E-state index in [0.29, 0.717) is 5.25 Å². The first-order chi connectivity index (χ1) is 3.80. The fraction of sp³-hybridized carbons (Fsp3) is 1.00. The summed E-state index contributed by atoms with van der Waals surface area (Å²) in [5.74, 6) is 0.757. The van der Waals surface area contributed by atoms with E-state index in [0.717, 1.165) is 19.0 Å². The molecule has 1 saturated heterocycles. The van der Waals surface area contributed by atoms with E-state index in [1.165, 1.54) is 6.42 Å². The van der Waals surface area contributed by atoms with Crippen LogP contribution >= 0.6 is 12.6 Å². The summed E-state index contributed by atoms with van der Waals surface area (Å²) in [7, 11) is 0. The SMILES string of the molecule is CC1CNCCC1S. The third-order valence-corrected chi connectivity index (χ3v) is 2.51. The molecule has 8 heavy (non-hydrogen) atoms. The second-order valence-electron chi connectivity index (χ2n) is 2.54. The van der Waals surface area contributed by atoms with E-state index in [2.05, 4.69) is 24.9 Å². The van der Waals surface area contributed by atoms with Gasteiger partial charge in [0.05, 0.1) is 0 Å². The molecule has 0 radical (unpaired) electrons. The average molecular weight is 131 g/mol. The molecule has 2 atom stereocenters. The van der Waals surface area contributed by atoms with Gasteiger partial charge in [0.15, 0.2) is 0 Å². The molecule has 0 aromatic carbocycles. The Bertz CT molecular complexity index is 64.9. The Labute approximate surface area is 56.3 Å². The second-order valence-corrected chi connectivity index (χ2v) is 3.20. The largest absolute Gasteiger partial charge is 0.316 e. The summed E-state index contributed by atoms with van der Waals surface area (Å²) >= 11 is 4.42. The lowest BCUT2D eigenvalue weighted by molar-refractivity contribution is 0.419. The van der Waals surface area contributed by atoms with Crippen molar-refractivity contribution in [2.24, 2.45) is 5.92 Å². The molecule has 0 amide bonds. The van der Waals surface area contributed by atoms with Gasteiger partial charge in [-0.25, -0.2) is 0 Å². The molecule has 1 heterocycles. The van der Waals surface area contributed by atoms with Crippen LogP contribution in [0.2, 0.25) is 0 Å². The van der Waals surface area contributed by atoms with Gasteiger partial charge in [0.2, 0.25) is 0 Å². The number of thiol groups is 1. The highest BCUT2D eigenvalue weighted by Crippen LogP contribution is 2.15. The van der Waals surface area contributed by atoms with Crippen LogP contribution in [0.15, 0.2) is 0 Å². The fourth-order valence-corrected chi connectivity index (χ4v) is 1.23. The van der Waals surface area contributed by atoms with Crippen LogP contribution in [0.4, 0.5) is 0 Å². The molecule has 1 aliphatic heterocycles. The lowest BCUT2D eigenvalue weighted by Crippen LogP contribution is -2.35. The minimum absolute atomic E-state index is 0.635. The van der Waals surface area contributed by atoms with Crippen molar-refractivity contribution in [1.29, 1.82) is 0 Å². The maximum Gasteiger partial charge on any atom is 0.00666 e. The molecule has 1 nitrogen and oxygen atoms in total. The van der Waals surface area contributed by atoms with Gasteiger partial charge in [0.25, 0.3) is 0 Å². The standard InChI is InChI=1S/C6H13NS/c1-5-4-7-3-2-6(5)8/h5-8H,2-4H2,1H3. The van der Waals surface area contributed by atoms with E-state index >= 15 is 0 Å². The maximum atomic E-state index is 4.42. The van der Waals surface area contributed by atoms with Crippen molar-refractivity contribution in [3.8, 4) is 0 Å². The zero-order valence-electron chi connectivity index (χ0n) is 5.22. The molecule has 48 valence electrons. The summed E-state index contributed by atoms with van der Waals surface area (Å²) < 4.78 is 0. The summed E-state index contributed by atoms with van der Waals surface area (Å²) in [6.07, 6.45) is 1.23. The predicted octanol–water partition coefficient (Wildman–Crippen LogP) is 0.914. The Morgan fingerprint density at radius 1 is 1.62 bits per heavy atom. The maximum absolute atomic E-state index is 4.42. The topological polar surface area (TPSA) is 12.0 Å². The number of rotatable bonds is 0. The van der Waals surface area contributed by atoms with E-state index in [1.54, 1.807) is 0 Å². The molecule has 1 rings (SSSR count). The van der Waals surface area contributed by atoms with Crippen molar-refractivity contribution in [2.75, 3.05) is 13.1 Å². The van der Waals surface area contributed by atoms with E-state index in [9.17, 15) is 0 Å². The minimum atomic E-state index is 0.635. The Morgan fingerprint density at radius 3 is 2.75 bits per heavy atom. The van der Waals surface area contributed by atoms with E-state index in [1.807, 2.05) is 0 Å². The normalized spacial score (nSPS) is 39.8. The molecule has 0 saturated carbocycles. The first-order valence-electron chi connectivity index (χ1n) is 3.19. The Hall–Kier alpha value is 0.310. The molecule has 0 aromatic heterocycles. The molecular weight excluding hydrogens is 118 g/mol. The first kappa shape index (κ1) is 6.43. The van der Waals surface area contributed by atoms with Crippen molar-refractivity contribution < 1.29 is 0 Å². The van der Waals surface area contributed by atoms with Crippen LogP contribution < -0.4 is 5.32 Å². The Balaban J connectivity index is 2.28. The van der Waals surface area contributed by atoms with Gasteiger partial charge in [-0.05, 0) is 25.4 Å². The van der Waals surface area contributed by atoms with Gasteiger partial charge in [-0.2, -0.15) is 12.6 Å². The lowest BCUT2D eigenvalue weighted by atomic mass is 10.0. The Morgan fingerprint density at radius 2 is 2.38 bits per heavy atom. The van der Waals surface area contributed by atoms with Gasteiger partial charge < -0.3 is 5.32 Å². The number of hydrogen-bond acceptors (Lipinski definition) is 2. The molecule has 0 aromatic rings. The van der Waals surface area contributed by atoms with Crippen LogP contribution in [-0.4, -0.2) is 18.3 Å². The molecule has 2 unspecified atom stereocenters. The smallest absolute Gasteiger partial charge is 0.00666 e. The van der Waals surface area contributed by atoms with Crippen LogP contribution in [0.5, 0.6) is 0 Å². The molecule has 2 heteroatoms. The van der Waals surface area contributed by atoms with Crippen LogP contribution in [0.1, 0.15) is 13.3 Å². The van der Waals surface area contributed by atoms with Crippen molar-refractivity contribution in [1.82, 2.24) is 5.32 Å². The average Bonchev–Trinajstić information content (AvgIpc) is 1.77. The number of nitrogens with one attached hydrogen (secondary N) is 1. The van der Waals surface area contributed by atoms with Crippen molar-refractivity contribution in [3.05, 3.63) is 0 Å². The highest BCUT2D eigenvalue weighted by Gasteiger charge is 2.15. The zero-order chi connectivity index (χ0) is 5.98. The van der Waals surface area contributed by atoms with E-state index in [4.69, 9.17) is 0 Å². The summed E-state index contributed by atoms with van der Waals surface area (Å²) in [5, 5.41) is 3.95. The van der Waals surface area contributed by atoms with Gasteiger partial charge in [0, 0.05) is 5.25 Å². The third-order valence-electron chi connectivity index (χ3n) is 1.74. The van der Waals surface area contributed by atoms with Crippen LogP contribution in [-0.2, 0) is 0 Å². The monoisotopic (exact) mass is 131 g/mol. The van der Waals surface area contributed by atoms with Gasteiger partial charge in [-0.3, -0.25) is 0 Å². The minimum Gasteiger partial charge on any atom is -0.316 e. The molecule has 0 spiro atoms. The summed E-state index contributed by atoms with van der Waals surface area (Å²) in [6.45, 7) is 4.54. The second kappa shape index (κ2) is 2.74. The summed E-state index contributed by atoms with van der Waals surface area (Å²) in [4.78, 5) is 0. The fourth-order valence-electron chi connectivity index (χ4n) is 1.00. The number of piperidine rings is 1. The molecule has 0 aliphatic carbocycles. The highest BCUT2D eigenvalue weighted by atomic mass is 32.1. The zero-order valence-corrected chi connectivity index (χ0v) is 6.12. The van der Waals surface area contributed by atoms with Crippen LogP contribution in [0.25, 0.3) is 0 Å². The van der Waals surface area contributed by atoms with Crippen LogP contribution in [0.3, 0.4) is 0 Å². The van der Waals surface area contributed by atoms with Crippen LogP contribution in [0, 0.1) is 5.92 Å². The molecule has 1 N–H and O–H groups in total. The Kier molecular flexibility index (Phi) is 2.20.